The molecule has 2 fully saturated rings. The second-order valence-electron chi connectivity index (χ2n) is 11.1. The summed E-state index contributed by atoms with van der Waals surface area (Å²) in [6.45, 7) is 4.73. The van der Waals surface area contributed by atoms with Crippen LogP contribution in [-0.4, -0.2) is 49.7 Å². The van der Waals surface area contributed by atoms with Gasteiger partial charge in [0.1, 0.15) is 23.7 Å². The fourth-order valence-electron chi connectivity index (χ4n) is 5.70. The van der Waals surface area contributed by atoms with E-state index >= 15 is 0 Å². The molecule has 2 aromatic rings. The number of benzene rings is 2. The number of hydrogen-bond acceptors (Lipinski definition) is 12. The molecule has 0 aromatic heterocycles. The molecule has 0 aliphatic heterocycles. The Bertz CT molecular complexity index is 1150. The fourth-order valence-corrected chi connectivity index (χ4v) is 5.70. The van der Waals surface area contributed by atoms with E-state index in [1.807, 2.05) is 13.8 Å². The molecular weight excluding hydrogens is 588 g/mol. The smallest absolute Gasteiger partial charge is 0.494 e. The first kappa shape index (κ1) is 33.4. The van der Waals surface area contributed by atoms with Gasteiger partial charge >= 0.3 is 24.2 Å². The zero-order valence-corrected chi connectivity index (χ0v) is 25.6. The van der Waals surface area contributed by atoms with Gasteiger partial charge in [-0.2, -0.15) is 9.59 Å². The number of rotatable bonds is 10. The van der Waals surface area contributed by atoms with Crippen LogP contribution < -0.4 is 9.47 Å². The van der Waals surface area contributed by atoms with Gasteiger partial charge in [0.2, 0.25) is 0 Å². The summed E-state index contributed by atoms with van der Waals surface area (Å²) in [6, 6.07) is 12.6. The van der Waals surface area contributed by atoms with Crippen molar-refractivity contribution in [3.05, 3.63) is 59.7 Å². The third-order valence-corrected chi connectivity index (χ3v) is 7.95. The highest BCUT2D eigenvalue weighted by Crippen LogP contribution is 2.37. The highest BCUT2D eigenvalue weighted by molar-refractivity contribution is 5.90. The van der Waals surface area contributed by atoms with Gasteiger partial charge in [-0.05, 0) is 132 Å². The Balaban J connectivity index is 1.05. The summed E-state index contributed by atoms with van der Waals surface area (Å²) in [5.41, 5.74) is 0.433. The number of hydrogen-bond donors (Lipinski definition) is 0. The monoisotopic (exact) mass is 628 g/mol. The zero-order valence-electron chi connectivity index (χ0n) is 25.6. The van der Waals surface area contributed by atoms with Crippen LogP contribution in [0.3, 0.4) is 0 Å². The first-order valence-corrected chi connectivity index (χ1v) is 15.5. The molecule has 0 unspecified atom stereocenters. The van der Waals surface area contributed by atoms with Crippen molar-refractivity contribution in [2.75, 3.05) is 13.2 Å². The van der Waals surface area contributed by atoms with Gasteiger partial charge in [0.25, 0.3) is 0 Å². The van der Waals surface area contributed by atoms with Gasteiger partial charge in [-0.3, -0.25) is 0 Å². The van der Waals surface area contributed by atoms with Crippen molar-refractivity contribution in [1.82, 2.24) is 0 Å². The zero-order chi connectivity index (χ0) is 32.0. The van der Waals surface area contributed by atoms with Crippen LogP contribution >= 0.6 is 0 Å². The van der Waals surface area contributed by atoms with E-state index in [0.717, 1.165) is 32.1 Å². The van der Waals surface area contributed by atoms with Crippen LogP contribution in [0.1, 0.15) is 92.4 Å². The topological polar surface area (TPSA) is 142 Å². The molecule has 45 heavy (non-hydrogen) atoms. The molecule has 0 saturated heterocycles. The minimum Gasteiger partial charge on any atom is -0.494 e. The molecule has 2 aliphatic carbocycles. The van der Waals surface area contributed by atoms with Crippen LogP contribution in [-0.2, 0) is 29.0 Å². The molecule has 12 heteroatoms. The van der Waals surface area contributed by atoms with Crippen molar-refractivity contribution in [2.24, 2.45) is 11.8 Å². The molecule has 2 aliphatic rings. The first-order chi connectivity index (χ1) is 21.8. The molecule has 2 saturated carbocycles. The average Bonchev–Trinajstić information content (AvgIpc) is 3.05. The highest BCUT2D eigenvalue weighted by Gasteiger charge is 2.30. The van der Waals surface area contributed by atoms with Gasteiger partial charge in [-0.15, -0.1) is 0 Å². The Labute approximate surface area is 262 Å². The molecule has 0 amide bonds. The van der Waals surface area contributed by atoms with E-state index in [2.05, 4.69) is 19.6 Å². The summed E-state index contributed by atoms with van der Waals surface area (Å²) in [5.74, 6) is 0.637. The highest BCUT2D eigenvalue weighted by atomic mass is 17.2. The van der Waals surface area contributed by atoms with Gasteiger partial charge in [-0.25, -0.2) is 29.1 Å². The van der Waals surface area contributed by atoms with Crippen molar-refractivity contribution < 1.29 is 57.7 Å². The third kappa shape index (κ3) is 10.9. The number of carbonyl (C=O) groups excluding carboxylic acids is 4. The summed E-state index contributed by atoms with van der Waals surface area (Å²) >= 11 is 0. The summed E-state index contributed by atoms with van der Waals surface area (Å²) in [6.07, 6.45) is 4.82. The predicted octanol–water partition coefficient (Wildman–Crippen LogP) is 7.14. The minimum atomic E-state index is -1.04. The van der Waals surface area contributed by atoms with Crippen LogP contribution in [0, 0.1) is 11.8 Å². The van der Waals surface area contributed by atoms with Crippen molar-refractivity contribution in [2.45, 2.75) is 83.8 Å². The van der Waals surface area contributed by atoms with E-state index in [0.29, 0.717) is 62.2 Å². The van der Waals surface area contributed by atoms with Crippen molar-refractivity contribution >= 4 is 24.2 Å². The van der Waals surface area contributed by atoms with Crippen molar-refractivity contribution in [1.29, 1.82) is 0 Å². The molecular formula is C33H40O12. The fraction of sp³-hybridized carbons (Fsp3) is 0.515. The Morgan fingerprint density at radius 3 is 1.22 bits per heavy atom. The van der Waals surface area contributed by atoms with E-state index in [1.54, 1.807) is 24.3 Å². The van der Waals surface area contributed by atoms with E-state index in [-0.39, 0.29) is 23.3 Å². The van der Waals surface area contributed by atoms with Crippen LogP contribution in [0.25, 0.3) is 0 Å². The molecule has 0 heterocycles. The second kappa shape index (κ2) is 17.1. The van der Waals surface area contributed by atoms with Crippen LogP contribution in [0.4, 0.5) is 9.59 Å². The maximum Gasteiger partial charge on any atom is 0.550 e. The first-order valence-electron chi connectivity index (χ1n) is 15.5. The lowest BCUT2D eigenvalue weighted by Crippen LogP contribution is -2.28. The SMILES string of the molecule is CCOc1ccc(C(=O)OOC(=O)OC2CCC(CC3CCC(OC(=O)OOC(=O)c4ccc(OCC)cc4)CC3)CC2)cc1. The Kier molecular flexibility index (Phi) is 12.7. The molecule has 0 radical (unpaired) electrons. The van der Waals surface area contributed by atoms with E-state index in [9.17, 15) is 19.2 Å². The lowest BCUT2D eigenvalue weighted by molar-refractivity contribution is -0.208. The van der Waals surface area contributed by atoms with E-state index < -0.39 is 24.2 Å². The van der Waals surface area contributed by atoms with Crippen LogP contribution in [0.2, 0.25) is 0 Å². The molecule has 12 nitrogen and oxygen atoms in total. The predicted molar refractivity (Wildman–Crippen MR) is 157 cm³/mol. The maximum atomic E-state index is 12.1. The third-order valence-electron chi connectivity index (χ3n) is 7.95. The van der Waals surface area contributed by atoms with Gasteiger partial charge in [0.05, 0.1) is 24.3 Å². The average molecular weight is 629 g/mol. The van der Waals surface area contributed by atoms with Crippen molar-refractivity contribution in [3.8, 4) is 11.5 Å². The molecule has 0 N–H and O–H groups in total. The van der Waals surface area contributed by atoms with Crippen LogP contribution in [0.5, 0.6) is 11.5 Å². The Morgan fingerprint density at radius 2 is 0.889 bits per heavy atom. The quantitative estimate of drug-likeness (QED) is 0.150. The summed E-state index contributed by atoms with van der Waals surface area (Å²) in [5, 5.41) is 0. The van der Waals surface area contributed by atoms with E-state index in [1.165, 1.54) is 24.3 Å². The Hall–Kier alpha value is -4.48. The van der Waals surface area contributed by atoms with E-state index in [4.69, 9.17) is 18.9 Å². The molecule has 0 atom stereocenters. The molecule has 4 rings (SSSR count). The summed E-state index contributed by atoms with van der Waals surface area (Å²) in [7, 11) is 0. The lowest BCUT2D eigenvalue weighted by Gasteiger charge is -2.33. The number of ether oxygens (including phenoxy) is 4. The summed E-state index contributed by atoms with van der Waals surface area (Å²) < 4.78 is 21.3. The van der Waals surface area contributed by atoms with Gasteiger partial charge < -0.3 is 18.9 Å². The van der Waals surface area contributed by atoms with Gasteiger partial charge in [0.15, 0.2) is 0 Å². The largest absolute Gasteiger partial charge is 0.550 e. The van der Waals surface area contributed by atoms with Crippen LogP contribution in [0.15, 0.2) is 48.5 Å². The van der Waals surface area contributed by atoms with Crippen molar-refractivity contribution in [3.63, 3.8) is 0 Å². The minimum absolute atomic E-state index is 0.217. The standard InChI is InChI=1S/C33H40O12/c1-3-38-26-17-9-24(10-18-26)30(34)42-44-32(36)40-28-13-5-22(6-14-28)21-23-7-15-29(16-8-23)41-33(37)45-43-31(35)25-11-19-27(20-12-25)39-4-2/h9-12,17-20,22-23,28-29H,3-8,13-16,21H2,1-2H3. The maximum absolute atomic E-state index is 12.1. The normalized spacial score (nSPS) is 21.0. The molecule has 244 valence electrons. The summed E-state index contributed by atoms with van der Waals surface area (Å²) in [4.78, 5) is 66.7. The second-order valence-corrected chi connectivity index (χ2v) is 11.1. The van der Waals surface area contributed by atoms with Gasteiger partial charge in [-0.1, -0.05) is 0 Å². The number of carbonyl (C=O) groups is 4. The molecule has 2 aromatic carbocycles. The lowest BCUT2D eigenvalue weighted by atomic mass is 9.76. The van der Waals surface area contributed by atoms with Gasteiger partial charge in [0, 0.05) is 0 Å². The molecule has 0 bridgehead atoms. The molecule has 0 spiro atoms. The Morgan fingerprint density at radius 1 is 0.533 bits per heavy atom.